The van der Waals surface area contributed by atoms with Crippen molar-refractivity contribution in [2.45, 2.75) is 6.92 Å². The van der Waals surface area contributed by atoms with Crippen molar-refractivity contribution < 1.29 is 0 Å². The van der Waals surface area contributed by atoms with Gasteiger partial charge < -0.3 is 0 Å². The molecule has 0 saturated heterocycles. The van der Waals surface area contributed by atoms with E-state index in [0.717, 1.165) is 0 Å². The molecule has 0 spiro atoms. The number of aryl methyl sites for hydroxylation is 1. The van der Waals surface area contributed by atoms with E-state index in [4.69, 9.17) is 0 Å². The zero-order chi connectivity index (χ0) is 32.2. The second kappa shape index (κ2) is 9.89. The Kier molecular flexibility index (Phi) is 5.41. The molecule has 0 heterocycles. The van der Waals surface area contributed by atoms with Crippen LogP contribution in [0.5, 0.6) is 0 Å². The van der Waals surface area contributed by atoms with Gasteiger partial charge in [0.2, 0.25) is 0 Å². The fraction of sp³-hybridized carbons (Fsp3) is 0.0204. The van der Waals surface area contributed by atoms with Crippen LogP contribution in [0.1, 0.15) is 5.56 Å². The van der Waals surface area contributed by atoms with Crippen molar-refractivity contribution >= 4 is 53.9 Å². The Morgan fingerprint density at radius 1 is 0.245 bits per heavy atom. The summed E-state index contributed by atoms with van der Waals surface area (Å²) in [6.45, 7) is 2.24. The molecule has 226 valence electrons. The second-order valence-corrected chi connectivity index (χ2v) is 13.6. The molecule has 49 heavy (non-hydrogen) atoms. The quantitative estimate of drug-likeness (QED) is 0.136. The van der Waals surface area contributed by atoms with Gasteiger partial charge in [-0.1, -0.05) is 164 Å². The molecule has 0 radical (unpaired) electrons. The van der Waals surface area contributed by atoms with Crippen LogP contribution in [-0.4, -0.2) is 0 Å². The highest BCUT2D eigenvalue weighted by Crippen LogP contribution is 2.60. The molecule has 0 bridgehead atoms. The van der Waals surface area contributed by atoms with Gasteiger partial charge in [0.1, 0.15) is 0 Å². The minimum absolute atomic E-state index is 1.23. The van der Waals surface area contributed by atoms with E-state index in [1.165, 1.54) is 115 Å². The summed E-state index contributed by atoms with van der Waals surface area (Å²) in [4.78, 5) is 0. The molecule has 0 nitrogen and oxygen atoms in total. The van der Waals surface area contributed by atoms with E-state index in [1.807, 2.05) is 0 Å². The lowest BCUT2D eigenvalue weighted by molar-refractivity contribution is 1.55. The lowest BCUT2D eigenvalue weighted by Gasteiger charge is -2.23. The van der Waals surface area contributed by atoms with Crippen molar-refractivity contribution in [3.8, 4) is 55.6 Å². The van der Waals surface area contributed by atoms with Gasteiger partial charge >= 0.3 is 0 Å². The molecular weight excluding hydrogens is 589 g/mol. The third-order valence-corrected chi connectivity index (χ3v) is 11.1. The maximum Gasteiger partial charge on any atom is -0.000696 e. The smallest absolute Gasteiger partial charge is 0.000696 e. The van der Waals surface area contributed by atoms with Crippen LogP contribution in [0.15, 0.2) is 164 Å². The van der Waals surface area contributed by atoms with Crippen molar-refractivity contribution in [1.82, 2.24) is 0 Å². The Hall–Kier alpha value is -6.24. The second-order valence-electron chi connectivity index (χ2n) is 13.6. The fourth-order valence-electron chi connectivity index (χ4n) is 9.10. The number of benzene rings is 10. The highest BCUT2D eigenvalue weighted by Gasteiger charge is 2.32. The Morgan fingerprint density at radius 3 is 1.57 bits per heavy atom. The number of hydrogen-bond acceptors (Lipinski definition) is 0. The van der Waals surface area contributed by atoms with Gasteiger partial charge in [0.15, 0.2) is 0 Å². The monoisotopic (exact) mass is 618 g/mol. The molecular formula is C49H30. The SMILES string of the molecule is Cc1ccc2c3c4c(c(-c5ccccc5-c5ccccc5)c5cccc(c6cccc1c62)c53)-c1ccc(-c2ccccc2)c2cccc-4c12. The molecule has 0 amide bonds. The largest absolute Gasteiger partial charge is 0.0622 e. The molecule has 11 rings (SSSR count). The van der Waals surface area contributed by atoms with Gasteiger partial charge in [0, 0.05) is 0 Å². The molecule has 10 aromatic carbocycles. The lowest BCUT2D eigenvalue weighted by Crippen LogP contribution is -1.96. The van der Waals surface area contributed by atoms with Gasteiger partial charge in [-0.3, -0.25) is 0 Å². The van der Waals surface area contributed by atoms with Crippen LogP contribution < -0.4 is 0 Å². The molecule has 0 atom stereocenters. The molecule has 0 N–H and O–H groups in total. The fourth-order valence-corrected chi connectivity index (χ4v) is 9.10. The van der Waals surface area contributed by atoms with Gasteiger partial charge in [-0.15, -0.1) is 0 Å². The Morgan fingerprint density at radius 2 is 0.796 bits per heavy atom. The van der Waals surface area contributed by atoms with Gasteiger partial charge in [-0.05, 0) is 122 Å². The third kappa shape index (κ3) is 3.53. The summed E-state index contributed by atoms with van der Waals surface area (Å²) >= 11 is 0. The zero-order valence-corrected chi connectivity index (χ0v) is 27.1. The van der Waals surface area contributed by atoms with Crippen molar-refractivity contribution in [2.24, 2.45) is 0 Å². The van der Waals surface area contributed by atoms with Crippen LogP contribution >= 0.6 is 0 Å². The standard InChI is InChI=1S/C49H30/c1-29-25-26-41-43-32(29)19-10-21-37(43)38-22-12-24-40-45(36-18-9-8-17-33(36)30-13-4-2-5-14-30)48-42-28-27-34(31-15-6-3-7-16-31)35-20-11-23-39(44(35)42)49(48)47(41)46(38)40/h2-28H,1H3. The van der Waals surface area contributed by atoms with Crippen molar-refractivity contribution in [3.63, 3.8) is 0 Å². The molecule has 0 aromatic heterocycles. The molecule has 10 aromatic rings. The zero-order valence-electron chi connectivity index (χ0n) is 27.1. The van der Waals surface area contributed by atoms with Crippen molar-refractivity contribution in [2.75, 3.05) is 0 Å². The van der Waals surface area contributed by atoms with E-state index >= 15 is 0 Å². The van der Waals surface area contributed by atoms with Crippen LogP contribution in [0.25, 0.3) is 109 Å². The first-order valence-corrected chi connectivity index (χ1v) is 17.2. The highest BCUT2D eigenvalue weighted by molar-refractivity contribution is 6.41. The lowest BCUT2D eigenvalue weighted by atomic mass is 9.79. The summed E-state index contributed by atoms with van der Waals surface area (Å²) in [5, 5.41) is 13.4. The van der Waals surface area contributed by atoms with Crippen LogP contribution in [-0.2, 0) is 0 Å². The van der Waals surface area contributed by atoms with Crippen LogP contribution in [0.3, 0.4) is 0 Å². The van der Waals surface area contributed by atoms with Crippen molar-refractivity contribution in [1.29, 1.82) is 0 Å². The topological polar surface area (TPSA) is 0 Å². The number of rotatable bonds is 3. The first-order valence-electron chi connectivity index (χ1n) is 17.2. The summed E-state index contributed by atoms with van der Waals surface area (Å²) in [5.41, 5.74) is 14.3. The van der Waals surface area contributed by atoms with Gasteiger partial charge in [-0.25, -0.2) is 0 Å². The number of fused-ring (bicyclic) bond motifs is 6. The van der Waals surface area contributed by atoms with E-state index in [0.29, 0.717) is 0 Å². The van der Waals surface area contributed by atoms with Gasteiger partial charge in [0.25, 0.3) is 0 Å². The molecule has 1 aliphatic rings. The molecule has 0 aliphatic heterocycles. The Bertz CT molecular complexity index is 2970. The van der Waals surface area contributed by atoms with Crippen LogP contribution in [0, 0.1) is 6.92 Å². The van der Waals surface area contributed by atoms with Crippen LogP contribution in [0.4, 0.5) is 0 Å². The van der Waals surface area contributed by atoms with E-state index < -0.39 is 0 Å². The average molecular weight is 619 g/mol. The van der Waals surface area contributed by atoms with Gasteiger partial charge in [0.05, 0.1) is 0 Å². The predicted molar refractivity (Wildman–Crippen MR) is 211 cm³/mol. The third-order valence-electron chi connectivity index (χ3n) is 11.1. The molecule has 0 unspecified atom stereocenters. The van der Waals surface area contributed by atoms with E-state index in [2.05, 4.69) is 171 Å². The first-order chi connectivity index (χ1) is 24.3. The van der Waals surface area contributed by atoms with E-state index in [9.17, 15) is 0 Å². The predicted octanol–water partition coefficient (Wildman–Crippen LogP) is 13.8. The summed E-state index contributed by atoms with van der Waals surface area (Å²) in [6, 6.07) is 61.0. The molecule has 0 fully saturated rings. The summed E-state index contributed by atoms with van der Waals surface area (Å²) in [5.74, 6) is 0. The highest BCUT2D eigenvalue weighted by atomic mass is 14.3. The molecule has 0 saturated carbocycles. The van der Waals surface area contributed by atoms with Gasteiger partial charge in [-0.2, -0.15) is 0 Å². The Labute approximate surface area is 284 Å². The minimum atomic E-state index is 1.23. The maximum absolute atomic E-state index is 2.40. The Balaban J connectivity index is 1.41. The van der Waals surface area contributed by atoms with Crippen LogP contribution in [0.2, 0.25) is 0 Å². The normalized spacial score (nSPS) is 12.2. The molecule has 1 aliphatic carbocycles. The average Bonchev–Trinajstić information content (AvgIpc) is 3.50. The minimum Gasteiger partial charge on any atom is -0.0622 e. The van der Waals surface area contributed by atoms with E-state index in [-0.39, 0.29) is 0 Å². The summed E-state index contributed by atoms with van der Waals surface area (Å²) in [7, 11) is 0. The summed E-state index contributed by atoms with van der Waals surface area (Å²) in [6.07, 6.45) is 0. The number of hydrogen-bond donors (Lipinski definition) is 0. The van der Waals surface area contributed by atoms with E-state index in [1.54, 1.807) is 0 Å². The molecule has 0 heteroatoms. The maximum atomic E-state index is 2.40. The first kappa shape index (κ1) is 26.8. The summed E-state index contributed by atoms with van der Waals surface area (Å²) < 4.78 is 0. The van der Waals surface area contributed by atoms with Crippen molar-refractivity contribution in [3.05, 3.63) is 169 Å².